The summed E-state index contributed by atoms with van der Waals surface area (Å²) in [5, 5.41) is 0. The highest BCUT2D eigenvalue weighted by Crippen LogP contribution is 2.28. The van der Waals surface area contributed by atoms with E-state index in [4.69, 9.17) is 0 Å². The monoisotopic (exact) mass is 194 g/mol. The Balaban J connectivity index is 3.13. The quantitative estimate of drug-likeness (QED) is 0.609. The Morgan fingerprint density at radius 3 is 2.15 bits per heavy atom. The molecule has 0 N–H and O–H groups in total. The second kappa shape index (κ2) is 3.75. The summed E-state index contributed by atoms with van der Waals surface area (Å²) in [7, 11) is 0. The second-order valence-corrected chi connectivity index (χ2v) is 5.31. The molecule has 0 unspecified atom stereocenters. The van der Waals surface area contributed by atoms with Crippen molar-refractivity contribution < 1.29 is 0 Å². The Hall–Kier alpha value is -0.430. The highest BCUT2D eigenvalue weighted by Gasteiger charge is 2.15. The Kier molecular flexibility index (Phi) is 3.07. The Bertz CT molecular complexity index is 294. The third-order valence-electron chi connectivity index (χ3n) is 2.24. The molecule has 0 saturated heterocycles. The maximum Gasteiger partial charge on any atom is 0.00719 e. The zero-order valence-corrected chi connectivity index (χ0v) is 9.96. The van der Waals surface area contributed by atoms with Gasteiger partial charge in [0.05, 0.1) is 0 Å². The maximum atomic E-state index is 2.27. The van der Waals surface area contributed by atoms with E-state index in [0.29, 0.717) is 0 Å². The largest absolute Gasteiger partial charge is 0.130 e. The molecule has 0 aromatic heterocycles. The lowest BCUT2D eigenvalue weighted by atomic mass is 9.84. The average molecular weight is 194 g/mol. The Morgan fingerprint density at radius 2 is 1.77 bits per heavy atom. The van der Waals surface area contributed by atoms with Crippen molar-refractivity contribution in [2.75, 3.05) is 6.26 Å². The molecule has 0 aliphatic carbocycles. The van der Waals surface area contributed by atoms with Crippen molar-refractivity contribution in [2.24, 2.45) is 0 Å². The molecule has 1 rings (SSSR count). The van der Waals surface area contributed by atoms with Gasteiger partial charge in [-0.05, 0) is 41.9 Å². The number of aryl methyl sites for hydroxylation is 1. The summed E-state index contributed by atoms with van der Waals surface area (Å²) in [6.45, 7) is 8.97. The van der Waals surface area contributed by atoms with E-state index in [9.17, 15) is 0 Å². The van der Waals surface area contributed by atoms with Crippen molar-refractivity contribution in [3.63, 3.8) is 0 Å². The van der Waals surface area contributed by atoms with E-state index in [2.05, 4.69) is 52.1 Å². The third-order valence-corrected chi connectivity index (χ3v) is 2.97. The molecule has 13 heavy (non-hydrogen) atoms. The summed E-state index contributed by atoms with van der Waals surface area (Å²) in [6.07, 6.45) is 2.12. The number of hydrogen-bond donors (Lipinski definition) is 0. The van der Waals surface area contributed by atoms with Crippen LogP contribution in [0.5, 0.6) is 0 Å². The van der Waals surface area contributed by atoms with E-state index >= 15 is 0 Å². The Labute approximate surface area is 85.7 Å². The van der Waals surface area contributed by atoms with Crippen LogP contribution in [-0.4, -0.2) is 6.26 Å². The van der Waals surface area contributed by atoms with Crippen LogP contribution in [0.1, 0.15) is 31.9 Å². The van der Waals surface area contributed by atoms with Crippen LogP contribution < -0.4 is 0 Å². The van der Waals surface area contributed by atoms with Crippen molar-refractivity contribution in [3.05, 3.63) is 29.3 Å². The van der Waals surface area contributed by atoms with Crippen LogP contribution in [0.15, 0.2) is 23.1 Å². The standard InChI is InChI=1S/C12H18S/c1-9-8-10(13-5)6-7-11(9)12(2,3)4/h6-8H,1-5H3. The van der Waals surface area contributed by atoms with Crippen LogP contribution in [0.3, 0.4) is 0 Å². The molecule has 72 valence electrons. The molecule has 0 fully saturated rings. The fraction of sp³-hybridized carbons (Fsp3) is 0.500. The van der Waals surface area contributed by atoms with Gasteiger partial charge in [0.2, 0.25) is 0 Å². The molecule has 0 amide bonds. The minimum Gasteiger partial charge on any atom is -0.130 e. The highest BCUT2D eigenvalue weighted by atomic mass is 32.2. The van der Waals surface area contributed by atoms with E-state index in [1.165, 1.54) is 16.0 Å². The van der Waals surface area contributed by atoms with Gasteiger partial charge in [-0.1, -0.05) is 26.8 Å². The molecule has 0 saturated carbocycles. The van der Waals surface area contributed by atoms with Crippen molar-refractivity contribution in [1.29, 1.82) is 0 Å². The summed E-state index contributed by atoms with van der Waals surface area (Å²) in [4.78, 5) is 1.35. The van der Waals surface area contributed by atoms with E-state index in [-0.39, 0.29) is 5.41 Å². The first kappa shape index (κ1) is 10.6. The van der Waals surface area contributed by atoms with Crippen LogP contribution in [0.2, 0.25) is 0 Å². The minimum absolute atomic E-state index is 0.265. The molecule has 0 bridgehead atoms. The van der Waals surface area contributed by atoms with Crippen molar-refractivity contribution in [2.45, 2.75) is 38.0 Å². The first-order valence-corrected chi connectivity index (χ1v) is 5.83. The summed E-state index contributed by atoms with van der Waals surface area (Å²) in [5.74, 6) is 0. The van der Waals surface area contributed by atoms with Crippen molar-refractivity contribution >= 4 is 11.8 Å². The minimum atomic E-state index is 0.265. The van der Waals surface area contributed by atoms with E-state index in [1.54, 1.807) is 11.8 Å². The summed E-state index contributed by atoms with van der Waals surface area (Å²) < 4.78 is 0. The van der Waals surface area contributed by atoms with Crippen LogP contribution in [0, 0.1) is 6.92 Å². The number of benzene rings is 1. The summed E-state index contributed by atoms with van der Waals surface area (Å²) in [5.41, 5.74) is 3.12. The van der Waals surface area contributed by atoms with Gasteiger partial charge in [-0.15, -0.1) is 11.8 Å². The molecule has 1 aromatic carbocycles. The number of hydrogen-bond acceptors (Lipinski definition) is 1. The molecule has 0 nitrogen and oxygen atoms in total. The first-order chi connectivity index (χ1) is 5.95. The normalized spacial score (nSPS) is 11.8. The van der Waals surface area contributed by atoms with Crippen LogP contribution in [0.4, 0.5) is 0 Å². The molecular formula is C12H18S. The van der Waals surface area contributed by atoms with Gasteiger partial charge in [-0.25, -0.2) is 0 Å². The van der Waals surface area contributed by atoms with Crippen LogP contribution >= 0.6 is 11.8 Å². The molecular weight excluding hydrogens is 176 g/mol. The van der Waals surface area contributed by atoms with Gasteiger partial charge in [0.1, 0.15) is 0 Å². The molecule has 0 aliphatic rings. The van der Waals surface area contributed by atoms with Crippen LogP contribution in [-0.2, 0) is 5.41 Å². The molecule has 0 spiro atoms. The smallest absolute Gasteiger partial charge is 0.00719 e. The van der Waals surface area contributed by atoms with Gasteiger partial charge >= 0.3 is 0 Å². The van der Waals surface area contributed by atoms with Crippen molar-refractivity contribution in [1.82, 2.24) is 0 Å². The van der Waals surface area contributed by atoms with Gasteiger partial charge in [-0.2, -0.15) is 0 Å². The van der Waals surface area contributed by atoms with E-state index in [1.807, 2.05) is 0 Å². The average Bonchev–Trinajstić information content (AvgIpc) is 2.01. The topological polar surface area (TPSA) is 0 Å². The van der Waals surface area contributed by atoms with Crippen LogP contribution in [0.25, 0.3) is 0 Å². The summed E-state index contributed by atoms with van der Waals surface area (Å²) >= 11 is 1.80. The second-order valence-electron chi connectivity index (χ2n) is 4.43. The molecule has 0 aliphatic heterocycles. The lowest BCUT2D eigenvalue weighted by Crippen LogP contribution is -2.12. The van der Waals surface area contributed by atoms with Gasteiger partial charge in [0, 0.05) is 4.90 Å². The fourth-order valence-electron chi connectivity index (χ4n) is 1.60. The zero-order valence-electron chi connectivity index (χ0n) is 9.14. The first-order valence-electron chi connectivity index (χ1n) is 4.60. The van der Waals surface area contributed by atoms with E-state index in [0.717, 1.165) is 0 Å². The van der Waals surface area contributed by atoms with Gasteiger partial charge in [0.15, 0.2) is 0 Å². The predicted octanol–water partition coefficient (Wildman–Crippen LogP) is 4.01. The molecule has 0 heterocycles. The maximum absolute atomic E-state index is 2.27. The van der Waals surface area contributed by atoms with Gasteiger partial charge in [0.25, 0.3) is 0 Å². The SMILES string of the molecule is CSc1ccc(C(C)(C)C)c(C)c1. The highest BCUT2D eigenvalue weighted by molar-refractivity contribution is 7.98. The molecule has 0 radical (unpaired) electrons. The Morgan fingerprint density at radius 1 is 1.15 bits per heavy atom. The molecule has 1 aromatic rings. The lowest BCUT2D eigenvalue weighted by molar-refractivity contribution is 0.585. The van der Waals surface area contributed by atoms with Crippen molar-refractivity contribution in [3.8, 4) is 0 Å². The summed E-state index contributed by atoms with van der Waals surface area (Å²) in [6, 6.07) is 6.73. The number of thioether (sulfide) groups is 1. The fourth-order valence-corrected chi connectivity index (χ4v) is 2.10. The van der Waals surface area contributed by atoms with Gasteiger partial charge in [-0.3, -0.25) is 0 Å². The molecule has 1 heteroatoms. The third kappa shape index (κ3) is 2.50. The molecule has 0 atom stereocenters. The zero-order chi connectivity index (χ0) is 10.1. The predicted molar refractivity (Wildman–Crippen MR) is 61.7 cm³/mol. The number of rotatable bonds is 1. The lowest BCUT2D eigenvalue weighted by Gasteiger charge is -2.21. The van der Waals surface area contributed by atoms with E-state index < -0.39 is 0 Å². The van der Waals surface area contributed by atoms with Gasteiger partial charge < -0.3 is 0 Å².